The van der Waals surface area contributed by atoms with Gasteiger partial charge in [-0.1, -0.05) is 25.0 Å². The Kier molecular flexibility index (Phi) is 5.01. The molecule has 110 valence electrons. The van der Waals surface area contributed by atoms with Crippen LogP contribution in [-0.4, -0.2) is 36.2 Å². The molecule has 0 bridgehead atoms. The number of aliphatic carboxylic acids is 1. The van der Waals surface area contributed by atoms with Gasteiger partial charge in [-0.05, 0) is 37.6 Å². The molecule has 4 nitrogen and oxygen atoms in total. The second-order valence-electron chi connectivity index (χ2n) is 5.56. The molecule has 0 saturated heterocycles. The molecular weight excluding hydrogens is 254 g/mol. The summed E-state index contributed by atoms with van der Waals surface area (Å²) >= 11 is 0. The molecular formula is C16H23NO3. The van der Waals surface area contributed by atoms with Crippen molar-refractivity contribution in [3.05, 3.63) is 29.8 Å². The quantitative estimate of drug-likeness (QED) is 0.899. The monoisotopic (exact) mass is 277 g/mol. The topological polar surface area (TPSA) is 49.8 Å². The molecule has 0 spiro atoms. The molecule has 1 aliphatic rings. The van der Waals surface area contributed by atoms with Gasteiger partial charge in [0.2, 0.25) is 0 Å². The lowest BCUT2D eigenvalue weighted by molar-refractivity contribution is -0.145. The number of benzene rings is 1. The summed E-state index contributed by atoms with van der Waals surface area (Å²) in [6.07, 6.45) is 3.91. The number of carboxylic acids is 1. The third-order valence-electron chi connectivity index (χ3n) is 4.18. The van der Waals surface area contributed by atoms with Crippen molar-refractivity contribution >= 4 is 5.97 Å². The molecule has 20 heavy (non-hydrogen) atoms. The third kappa shape index (κ3) is 3.51. The second-order valence-corrected chi connectivity index (χ2v) is 5.56. The van der Waals surface area contributed by atoms with E-state index < -0.39 is 5.97 Å². The Labute approximate surface area is 120 Å². The highest BCUT2D eigenvalue weighted by atomic mass is 16.5. The van der Waals surface area contributed by atoms with Gasteiger partial charge in [-0.2, -0.15) is 0 Å². The van der Waals surface area contributed by atoms with Crippen LogP contribution < -0.4 is 4.74 Å². The Hall–Kier alpha value is -1.55. The lowest BCUT2D eigenvalue weighted by Gasteiger charge is -2.35. The van der Waals surface area contributed by atoms with E-state index in [0.717, 1.165) is 43.5 Å². The van der Waals surface area contributed by atoms with E-state index >= 15 is 0 Å². The Morgan fingerprint density at radius 2 is 2.15 bits per heavy atom. The van der Waals surface area contributed by atoms with Crippen molar-refractivity contribution in [2.45, 2.75) is 38.3 Å². The van der Waals surface area contributed by atoms with Crippen LogP contribution in [-0.2, 0) is 11.3 Å². The summed E-state index contributed by atoms with van der Waals surface area (Å²) in [4.78, 5) is 13.5. The molecule has 1 aliphatic carbocycles. The molecule has 2 unspecified atom stereocenters. The van der Waals surface area contributed by atoms with Gasteiger partial charge in [0, 0.05) is 12.6 Å². The van der Waals surface area contributed by atoms with Gasteiger partial charge in [-0.25, -0.2) is 0 Å². The summed E-state index contributed by atoms with van der Waals surface area (Å²) in [6.45, 7) is 0.756. The summed E-state index contributed by atoms with van der Waals surface area (Å²) < 4.78 is 5.23. The highest BCUT2D eigenvalue weighted by Gasteiger charge is 2.33. The van der Waals surface area contributed by atoms with E-state index in [1.165, 1.54) is 0 Å². The fourth-order valence-electron chi connectivity index (χ4n) is 3.10. The fourth-order valence-corrected chi connectivity index (χ4v) is 3.10. The molecule has 1 fully saturated rings. The van der Waals surface area contributed by atoms with E-state index in [1.54, 1.807) is 7.11 Å². The number of hydrogen-bond acceptors (Lipinski definition) is 3. The standard InChI is InChI=1S/C16H23NO3/c1-17(11-12-6-5-7-13(10-12)20-2)15-9-4-3-8-14(15)16(18)19/h5-7,10,14-15H,3-4,8-9,11H2,1-2H3,(H,18,19). The second kappa shape index (κ2) is 6.75. The van der Waals surface area contributed by atoms with Gasteiger partial charge in [0.05, 0.1) is 13.0 Å². The zero-order valence-electron chi connectivity index (χ0n) is 12.2. The van der Waals surface area contributed by atoms with Crippen LogP contribution in [0, 0.1) is 5.92 Å². The first-order valence-corrected chi connectivity index (χ1v) is 7.18. The van der Waals surface area contributed by atoms with Gasteiger partial charge < -0.3 is 9.84 Å². The number of ether oxygens (including phenoxy) is 1. The van der Waals surface area contributed by atoms with Gasteiger partial charge in [-0.15, -0.1) is 0 Å². The Bertz CT molecular complexity index is 461. The molecule has 2 atom stereocenters. The van der Waals surface area contributed by atoms with Crippen molar-refractivity contribution in [1.82, 2.24) is 4.90 Å². The van der Waals surface area contributed by atoms with E-state index in [4.69, 9.17) is 4.74 Å². The van der Waals surface area contributed by atoms with E-state index in [-0.39, 0.29) is 12.0 Å². The van der Waals surface area contributed by atoms with E-state index in [9.17, 15) is 9.90 Å². The molecule has 0 radical (unpaired) electrons. The Balaban J connectivity index is 2.05. The van der Waals surface area contributed by atoms with Crippen LogP contribution >= 0.6 is 0 Å². The first kappa shape index (κ1) is 14.9. The zero-order chi connectivity index (χ0) is 14.5. The maximum absolute atomic E-state index is 11.4. The largest absolute Gasteiger partial charge is 0.497 e. The summed E-state index contributed by atoms with van der Waals surface area (Å²) in [5.74, 6) is -0.0547. The van der Waals surface area contributed by atoms with Gasteiger partial charge in [-0.3, -0.25) is 9.69 Å². The van der Waals surface area contributed by atoms with Crippen molar-refractivity contribution in [2.24, 2.45) is 5.92 Å². The first-order chi connectivity index (χ1) is 9.61. The van der Waals surface area contributed by atoms with Crippen LogP contribution in [0.1, 0.15) is 31.2 Å². The smallest absolute Gasteiger partial charge is 0.308 e. The molecule has 0 aromatic heterocycles. The maximum Gasteiger partial charge on any atom is 0.308 e. The molecule has 1 N–H and O–H groups in total. The Morgan fingerprint density at radius 3 is 2.85 bits per heavy atom. The highest BCUT2D eigenvalue weighted by molar-refractivity contribution is 5.71. The van der Waals surface area contributed by atoms with Gasteiger partial charge in [0.15, 0.2) is 0 Å². The van der Waals surface area contributed by atoms with E-state index in [0.29, 0.717) is 0 Å². The lowest BCUT2D eigenvalue weighted by atomic mass is 9.83. The van der Waals surface area contributed by atoms with Crippen LogP contribution in [0.15, 0.2) is 24.3 Å². The molecule has 1 aromatic carbocycles. The van der Waals surface area contributed by atoms with Crippen LogP contribution in [0.2, 0.25) is 0 Å². The minimum Gasteiger partial charge on any atom is -0.497 e. The van der Waals surface area contributed by atoms with Crippen LogP contribution in [0.4, 0.5) is 0 Å². The Morgan fingerprint density at radius 1 is 1.40 bits per heavy atom. The van der Waals surface area contributed by atoms with Crippen LogP contribution in [0.3, 0.4) is 0 Å². The van der Waals surface area contributed by atoms with Crippen molar-refractivity contribution in [1.29, 1.82) is 0 Å². The predicted octanol–water partition coefficient (Wildman–Crippen LogP) is 2.77. The molecule has 0 amide bonds. The number of carbonyl (C=O) groups is 1. The van der Waals surface area contributed by atoms with Gasteiger partial charge in [0.25, 0.3) is 0 Å². The van der Waals surface area contributed by atoms with Crippen molar-refractivity contribution in [3.63, 3.8) is 0 Å². The molecule has 2 rings (SSSR count). The molecule has 0 heterocycles. The van der Waals surface area contributed by atoms with E-state index in [2.05, 4.69) is 11.0 Å². The van der Waals surface area contributed by atoms with E-state index in [1.807, 2.05) is 25.2 Å². The normalized spacial score (nSPS) is 22.8. The van der Waals surface area contributed by atoms with Gasteiger partial charge in [0.1, 0.15) is 5.75 Å². The van der Waals surface area contributed by atoms with Crippen LogP contribution in [0.25, 0.3) is 0 Å². The lowest BCUT2D eigenvalue weighted by Crippen LogP contribution is -2.43. The first-order valence-electron chi connectivity index (χ1n) is 7.18. The SMILES string of the molecule is COc1cccc(CN(C)C2CCCCC2C(=O)O)c1. The van der Waals surface area contributed by atoms with Crippen LogP contribution in [0.5, 0.6) is 5.75 Å². The number of methoxy groups -OCH3 is 1. The molecule has 4 heteroatoms. The summed E-state index contributed by atoms with van der Waals surface area (Å²) in [6, 6.07) is 8.08. The predicted molar refractivity (Wildman–Crippen MR) is 77.8 cm³/mol. The molecule has 0 aliphatic heterocycles. The number of carboxylic acid groups (broad SMARTS) is 1. The summed E-state index contributed by atoms with van der Waals surface area (Å²) in [7, 11) is 3.68. The number of nitrogens with zero attached hydrogens (tertiary/aromatic N) is 1. The summed E-state index contributed by atoms with van der Waals surface area (Å²) in [5, 5.41) is 9.36. The average molecular weight is 277 g/mol. The summed E-state index contributed by atoms with van der Waals surface area (Å²) in [5.41, 5.74) is 1.15. The van der Waals surface area contributed by atoms with Crippen molar-refractivity contribution in [2.75, 3.05) is 14.2 Å². The molecule has 1 aromatic rings. The number of hydrogen-bond donors (Lipinski definition) is 1. The average Bonchev–Trinajstić information content (AvgIpc) is 2.47. The minimum atomic E-state index is -0.660. The minimum absolute atomic E-state index is 0.132. The van der Waals surface area contributed by atoms with Gasteiger partial charge >= 0.3 is 5.97 Å². The van der Waals surface area contributed by atoms with Crippen molar-refractivity contribution < 1.29 is 14.6 Å². The van der Waals surface area contributed by atoms with Crippen molar-refractivity contribution in [3.8, 4) is 5.75 Å². The number of rotatable bonds is 5. The highest BCUT2D eigenvalue weighted by Crippen LogP contribution is 2.29. The fraction of sp³-hybridized carbons (Fsp3) is 0.562. The zero-order valence-corrected chi connectivity index (χ0v) is 12.2. The maximum atomic E-state index is 11.4. The third-order valence-corrected chi connectivity index (χ3v) is 4.18. The molecule has 1 saturated carbocycles.